The van der Waals surface area contributed by atoms with E-state index < -0.39 is 11.4 Å². The second kappa shape index (κ2) is 15.1. The van der Waals surface area contributed by atoms with Crippen LogP contribution in [0.4, 0.5) is 0 Å². The van der Waals surface area contributed by atoms with Crippen LogP contribution >= 0.6 is 0 Å². The lowest BCUT2D eigenvalue weighted by molar-refractivity contribution is -0.145. The molecule has 36 heavy (non-hydrogen) atoms. The van der Waals surface area contributed by atoms with Crippen molar-refractivity contribution in [2.45, 2.75) is 128 Å². The lowest BCUT2D eigenvalue weighted by Crippen LogP contribution is -2.39. The average molecular weight is 493 g/mol. The maximum Gasteiger partial charge on any atom is 0.314 e. The molecule has 0 saturated heterocycles. The van der Waals surface area contributed by atoms with Crippen molar-refractivity contribution in [1.29, 1.82) is 0 Å². The molecule has 1 aromatic heterocycles. The minimum atomic E-state index is -0.750. The fourth-order valence-electron chi connectivity index (χ4n) is 5.80. The minimum Gasteiger partial charge on any atom is -0.481 e. The summed E-state index contributed by atoms with van der Waals surface area (Å²) in [5, 5.41) is 10.2. The van der Waals surface area contributed by atoms with Gasteiger partial charge in [-0.05, 0) is 55.6 Å². The lowest BCUT2D eigenvalue weighted by Gasteiger charge is -2.37. The number of hydrogen-bond donors (Lipinski definition) is 1. The number of carboxylic acids is 1. The molecule has 4 nitrogen and oxygen atoms in total. The highest BCUT2D eigenvalue weighted by Gasteiger charge is 2.43. The van der Waals surface area contributed by atoms with Crippen molar-refractivity contribution in [3.63, 3.8) is 0 Å². The van der Waals surface area contributed by atoms with Gasteiger partial charge in [-0.3, -0.25) is 4.79 Å². The van der Waals surface area contributed by atoms with E-state index in [4.69, 9.17) is 0 Å². The summed E-state index contributed by atoms with van der Waals surface area (Å²) in [4.78, 5) is 21.6. The molecule has 1 aliphatic carbocycles. The Labute approximate surface area is 219 Å². The predicted octanol–water partition coefficient (Wildman–Crippen LogP) is 8.92. The van der Waals surface area contributed by atoms with Crippen molar-refractivity contribution in [1.82, 2.24) is 9.97 Å². The normalized spacial score (nSPS) is 19.9. The van der Waals surface area contributed by atoms with E-state index in [9.17, 15) is 9.90 Å². The number of benzene rings is 1. The van der Waals surface area contributed by atoms with Crippen molar-refractivity contribution in [2.24, 2.45) is 5.92 Å². The molecule has 198 valence electrons. The molecule has 1 heterocycles. The van der Waals surface area contributed by atoms with Gasteiger partial charge in [0.05, 0.1) is 5.41 Å². The molecule has 0 bridgehead atoms. The highest BCUT2D eigenvalue weighted by Crippen LogP contribution is 2.43. The molecule has 1 fully saturated rings. The van der Waals surface area contributed by atoms with Gasteiger partial charge < -0.3 is 5.11 Å². The van der Waals surface area contributed by atoms with Crippen LogP contribution < -0.4 is 0 Å². The zero-order valence-electron chi connectivity index (χ0n) is 22.8. The SMILES string of the molecule is CCCCCCCCCCc1cnc(-c2ccc(C3(C(=O)O)CCC(CCCCC)CC3)cc2)nc1. The molecule has 1 N–H and O–H groups in total. The van der Waals surface area contributed by atoms with E-state index in [1.165, 1.54) is 82.6 Å². The number of unbranched alkanes of at least 4 members (excludes halogenated alkanes) is 9. The van der Waals surface area contributed by atoms with E-state index in [1.54, 1.807) is 0 Å². The Bertz CT molecular complexity index is 883. The summed E-state index contributed by atoms with van der Waals surface area (Å²) in [6.07, 6.45) is 24.1. The Morgan fingerprint density at radius 2 is 1.39 bits per heavy atom. The fourth-order valence-corrected chi connectivity index (χ4v) is 5.80. The molecule has 0 radical (unpaired) electrons. The smallest absolute Gasteiger partial charge is 0.314 e. The van der Waals surface area contributed by atoms with Crippen LogP contribution in [-0.4, -0.2) is 21.0 Å². The third-order valence-electron chi connectivity index (χ3n) is 8.30. The van der Waals surface area contributed by atoms with Crippen molar-refractivity contribution >= 4 is 5.97 Å². The molecule has 0 unspecified atom stereocenters. The number of aromatic nitrogens is 2. The summed E-state index contributed by atoms with van der Waals surface area (Å²) in [5.74, 6) is 0.718. The Hall–Kier alpha value is -2.23. The van der Waals surface area contributed by atoms with Crippen LogP contribution in [0.5, 0.6) is 0 Å². The maximum absolute atomic E-state index is 12.4. The van der Waals surface area contributed by atoms with Gasteiger partial charge in [0.15, 0.2) is 5.82 Å². The molecule has 2 aromatic rings. The fraction of sp³-hybridized carbons (Fsp3) is 0.656. The van der Waals surface area contributed by atoms with Gasteiger partial charge in [-0.1, -0.05) is 109 Å². The first-order valence-electron chi connectivity index (χ1n) is 14.7. The summed E-state index contributed by atoms with van der Waals surface area (Å²) in [6.45, 7) is 4.50. The Morgan fingerprint density at radius 3 is 1.97 bits per heavy atom. The van der Waals surface area contributed by atoms with Gasteiger partial charge in [-0.15, -0.1) is 0 Å². The van der Waals surface area contributed by atoms with E-state index in [0.29, 0.717) is 11.7 Å². The monoisotopic (exact) mass is 492 g/mol. The molecule has 0 amide bonds. The van der Waals surface area contributed by atoms with E-state index >= 15 is 0 Å². The van der Waals surface area contributed by atoms with Gasteiger partial charge in [0, 0.05) is 18.0 Å². The van der Waals surface area contributed by atoms with Crippen LogP contribution in [0.15, 0.2) is 36.7 Å². The molecule has 3 rings (SSSR count). The largest absolute Gasteiger partial charge is 0.481 e. The summed E-state index contributed by atoms with van der Waals surface area (Å²) >= 11 is 0. The Balaban J connectivity index is 1.51. The Morgan fingerprint density at radius 1 is 0.833 bits per heavy atom. The topological polar surface area (TPSA) is 63.1 Å². The standard InChI is InChI=1S/C32H48N2O2/c1-3-5-7-8-9-10-11-13-15-27-24-33-30(34-25-27)28-16-18-29(19-17-28)32(31(35)36)22-20-26(21-23-32)14-12-6-4-2/h16-19,24-26H,3-15,20-23H2,1-2H3,(H,35,36). The molecule has 1 saturated carbocycles. The molecule has 0 atom stereocenters. The number of carbonyl (C=O) groups is 1. The summed E-state index contributed by atoms with van der Waals surface area (Å²) in [5.41, 5.74) is 2.32. The van der Waals surface area contributed by atoms with E-state index in [0.717, 1.165) is 43.2 Å². The van der Waals surface area contributed by atoms with Gasteiger partial charge in [0.25, 0.3) is 0 Å². The van der Waals surface area contributed by atoms with Gasteiger partial charge in [0.1, 0.15) is 0 Å². The number of aryl methyl sites for hydroxylation is 1. The summed E-state index contributed by atoms with van der Waals surface area (Å²) in [7, 11) is 0. The van der Waals surface area contributed by atoms with Gasteiger partial charge >= 0.3 is 5.97 Å². The Kier molecular flexibility index (Phi) is 11.9. The number of rotatable bonds is 16. The van der Waals surface area contributed by atoms with Crippen molar-refractivity contribution < 1.29 is 9.90 Å². The molecule has 1 aliphatic rings. The number of aliphatic carboxylic acids is 1. The van der Waals surface area contributed by atoms with Gasteiger partial charge in [-0.2, -0.15) is 0 Å². The molecular weight excluding hydrogens is 444 g/mol. The van der Waals surface area contributed by atoms with Crippen LogP contribution in [0, 0.1) is 5.92 Å². The highest BCUT2D eigenvalue weighted by atomic mass is 16.4. The number of hydrogen-bond acceptors (Lipinski definition) is 3. The third kappa shape index (κ3) is 8.15. The van der Waals surface area contributed by atoms with Crippen LogP contribution in [0.25, 0.3) is 11.4 Å². The first kappa shape index (κ1) is 28.3. The molecule has 4 heteroatoms. The lowest BCUT2D eigenvalue weighted by atomic mass is 9.66. The van der Waals surface area contributed by atoms with Gasteiger partial charge in [-0.25, -0.2) is 9.97 Å². The maximum atomic E-state index is 12.4. The highest BCUT2D eigenvalue weighted by molar-refractivity contribution is 5.81. The third-order valence-corrected chi connectivity index (χ3v) is 8.30. The predicted molar refractivity (Wildman–Crippen MR) is 149 cm³/mol. The average Bonchev–Trinajstić information content (AvgIpc) is 2.91. The molecule has 1 aromatic carbocycles. The van der Waals surface area contributed by atoms with Crippen molar-refractivity contribution in [3.05, 3.63) is 47.8 Å². The van der Waals surface area contributed by atoms with Crippen LogP contribution in [0.1, 0.15) is 128 Å². The second-order valence-corrected chi connectivity index (χ2v) is 11.0. The van der Waals surface area contributed by atoms with E-state index in [1.807, 2.05) is 36.7 Å². The van der Waals surface area contributed by atoms with E-state index in [2.05, 4.69) is 23.8 Å². The first-order chi connectivity index (χ1) is 17.6. The summed E-state index contributed by atoms with van der Waals surface area (Å²) in [6, 6.07) is 8.00. The quantitative estimate of drug-likeness (QED) is 0.238. The van der Waals surface area contributed by atoms with Crippen LogP contribution in [0.3, 0.4) is 0 Å². The van der Waals surface area contributed by atoms with Crippen LogP contribution in [0.2, 0.25) is 0 Å². The zero-order valence-corrected chi connectivity index (χ0v) is 22.8. The number of carboxylic acid groups (broad SMARTS) is 1. The summed E-state index contributed by atoms with van der Waals surface area (Å²) < 4.78 is 0. The number of nitrogens with zero attached hydrogens (tertiary/aromatic N) is 2. The van der Waals surface area contributed by atoms with Gasteiger partial charge in [0.2, 0.25) is 0 Å². The van der Waals surface area contributed by atoms with Crippen LogP contribution in [-0.2, 0) is 16.6 Å². The van der Waals surface area contributed by atoms with E-state index in [-0.39, 0.29) is 0 Å². The molecular formula is C32H48N2O2. The minimum absolute atomic E-state index is 0.677. The second-order valence-electron chi connectivity index (χ2n) is 11.0. The first-order valence-corrected chi connectivity index (χ1v) is 14.7. The van der Waals surface area contributed by atoms with Crippen molar-refractivity contribution in [3.8, 4) is 11.4 Å². The molecule has 0 spiro atoms. The van der Waals surface area contributed by atoms with Crippen molar-refractivity contribution in [2.75, 3.05) is 0 Å². The zero-order chi connectivity index (χ0) is 25.6. The molecule has 0 aliphatic heterocycles.